The van der Waals surface area contributed by atoms with Crippen molar-refractivity contribution < 1.29 is 14.3 Å². The highest BCUT2D eigenvalue weighted by Crippen LogP contribution is 2.37. The molecule has 4 heteroatoms. The van der Waals surface area contributed by atoms with Crippen LogP contribution in [0, 0.1) is 0 Å². The fourth-order valence-electron chi connectivity index (χ4n) is 1.87. The number of nitrogens with one attached hydrogen (secondary N) is 1. The third-order valence-electron chi connectivity index (χ3n) is 2.79. The highest BCUT2D eigenvalue weighted by molar-refractivity contribution is 6.08. The van der Waals surface area contributed by atoms with Gasteiger partial charge in [0, 0.05) is 6.07 Å². The van der Waals surface area contributed by atoms with E-state index in [4.69, 9.17) is 9.47 Å². The molecule has 1 heterocycles. The molecule has 0 saturated carbocycles. The molecule has 1 aliphatic heterocycles. The third-order valence-corrected chi connectivity index (χ3v) is 2.79. The summed E-state index contributed by atoms with van der Waals surface area (Å²) >= 11 is 0. The van der Waals surface area contributed by atoms with Gasteiger partial charge >= 0.3 is 0 Å². The maximum Gasteiger partial charge on any atom is 0.259 e. The van der Waals surface area contributed by atoms with Crippen LogP contribution in [0.3, 0.4) is 0 Å². The van der Waals surface area contributed by atoms with Crippen molar-refractivity contribution in [1.82, 2.24) is 0 Å². The van der Waals surface area contributed by atoms with Crippen LogP contribution in [0.4, 0.5) is 5.69 Å². The summed E-state index contributed by atoms with van der Waals surface area (Å²) in [4.78, 5) is 12.0. The molecule has 3 rings (SSSR count). The van der Waals surface area contributed by atoms with E-state index in [1.807, 2.05) is 6.07 Å². The number of methoxy groups -OCH3 is 1. The zero-order valence-electron chi connectivity index (χ0n) is 9.77. The van der Waals surface area contributed by atoms with Gasteiger partial charge in [0.05, 0.1) is 18.4 Å². The van der Waals surface area contributed by atoms with Gasteiger partial charge < -0.3 is 14.8 Å². The zero-order valence-corrected chi connectivity index (χ0v) is 9.77. The molecule has 1 aliphatic rings. The Hall–Kier alpha value is -2.49. The van der Waals surface area contributed by atoms with Crippen LogP contribution in [0.25, 0.3) is 0 Å². The maximum absolute atomic E-state index is 12.0. The molecule has 2 aromatic carbocycles. The predicted octanol–water partition coefficient (Wildman–Crippen LogP) is 3.05. The van der Waals surface area contributed by atoms with E-state index in [0.717, 1.165) is 0 Å². The first-order valence-electron chi connectivity index (χ1n) is 5.54. The number of hydrogen-bond acceptors (Lipinski definition) is 3. The second-order valence-electron chi connectivity index (χ2n) is 3.91. The Morgan fingerprint density at radius 3 is 2.78 bits per heavy atom. The van der Waals surface area contributed by atoms with Crippen LogP contribution in [0.1, 0.15) is 10.4 Å². The zero-order chi connectivity index (χ0) is 12.5. The van der Waals surface area contributed by atoms with Gasteiger partial charge in [0.25, 0.3) is 5.91 Å². The van der Waals surface area contributed by atoms with Crippen LogP contribution in [-0.2, 0) is 0 Å². The van der Waals surface area contributed by atoms with E-state index in [9.17, 15) is 4.79 Å². The summed E-state index contributed by atoms with van der Waals surface area (Å²) in [6, 6.07) is 12.4. The predicted molar refractivity (Wildman–Crippen MR) is 67.5 cm³/mol. The summed E-state index contributed by atoms with van der Waals surface area (Å²) < 4.78 is 10.9. The molecule has 0 radical (unpaired) electrons. The van der Waals surface area contributed by atoms with Crippen LogP contribution in [0.15, 0.2) is 42.5 Å². The lowest BCUT2D eigenvalue weighted by atomic mass is 10.2. The Morgan fingerprint density at radius 1 is 1.11 bits per heavy atom. The molecule has 18 heavy (non-hydrogen) atoms. The molecule has 2 aromatic rings. The molecule has 4 nitrogen and oxygen atoms in total. The number of para-hydroxylation sites is 1. The highest BCUT2D eigenvalue weighted by atomic mass is 16.5. The fraction of sp³-hybridized carbons (Fsp3) is 0.0714. The minimum atomic E-state index is -0.183. The van der Waals surface area contributed by atoms with Gasteiger partial charge in [-0.15, -0.1) is 0 Å². The van der Waals surface area contributed by atoms with Gasteiger partial charge in [0.15, 0.2) is 5.75 Å². The lowest BCUT2D eigenvalue weighted by Gasteiger charge is -2.08. The lowest BCUT2D eigenvalue weighted by molar-refractivity contribution is 0.102. The summed E-state index contributed by atoms with van der Waals surface area (Å²) in [6.07, 6.45) is 0. The molecule has 90 valence electrons. The molecule has 0 fully saturated rings. The van der Waals surface area contributed by atoms with E-state index in [1.165, 1.54) is 0 Å². The van der Waals surface area contributed by atoms with Crippen molar-refractivity contribution in [3.8, 4) is 17.2 Å². The van der Waals surface area contributed by atoms with Gasteiger partial charge in [-0.05, 0) is 24.3 Å². The Morgan fingerprint density at radius 2 is 1.94 bits per heavy atom. The van der Waals surface area contributed by atoms with Crippen molar-refractivity contribution in [3.05, 3.63) is 48.0 Å². The van der Waals surface area contributed by atoms with Crippen molar-refractivity contribution >= 4 is 11.6 Å². The molecule has 0 atom stereocenters. The molecule has 0 saturated heterocycles. The van der Waals surface area contributed by atoms with Gasteiger partial charge in [-0.1, -0.05) is 12.1 Å². The van der Waals surface area contributed by atoms with Crippen LogP contribution in [0.5, 0.6) is 17.2 Å². The molecule has 1 amide bonds. The quantitative estimate of drug-likeness (QED) is 0.834. The molecule has 0 aliphatic carbocycles. The average Bonchev–Trinajstić information content (AvgIpc) is 2.54. The van der Waals surface area contributed by atoms with Crippen molar-refractivity contribution in [2.24, 2.45) is 0 Å². The van der Waals surface area contributed by atoms with E-state index in [1.54, 1.807) is 43.5 Å². The summed E-state index contributed by atoms with van der Waals surface area (Å²) in [6.45, 7) is 0. The SMILES string of the molecule is COc1ccc2c(c1)NC(=O)c1ccccc1O2. The Bertz CT molecular complexity index is 622. The Kier molecular flexibility index (Phi) is 2.41. The number of fused-ring (bicyclic) bond motifs is 2. The molecule has 0 spiro atoms. The van der Waals surface area contributed by atoms with Crippen molar-refractivity contribution in [2.75, 3.05) is 12.4 Å². The van der Waals surface area contributed by atoms with Crippen LogP contribution in [-0.4, -0.2) is 13.0 Å². The van der Waals surface area contributed by atoms with Crippen LogP contribution < -0.4 is 14.8 Å². The van der Waals surface area contributed by atoms with Gasteiger partial charge in [-0.25, -0.2) is 0 Å². The molecular formula is C14H11NO3. The van der Waals surface area contributed by atoms with E-state index >= 15 is 0 Å². The summed E-state index contributed by atoms with van der Waals surface area (Å²) in [7, 11) is 1.58. The molecule has 0 bridgehead atoms. The number of ether oxygens (including phenoxy) is 2. The van der Waals surface area contributed by atoms with Gasteiger partial charge in [0.1, 0.15) is 11.5 Å². The smallest absolute Gasteiger partial charge is 0.259 e. The van der Waals surface area contributed by atoms with Gasteiger partial charge in [0.2, 0.25) is 0 Å². The summed E-state index contributed by atoms with van der Waals surface area (Å²) in [5.74, 6) is 1.65. The maximum atomic E-state index is 12.0. The lowest BCUT2D eigenvalue weighted by Crippen LogP contribution is -2.10. The number of carbonyl (C=O) groups excluding carboxylic acids is 1. The largest absolute Gasteiger partial charge is 0.497 e. The number of amides is 1. The van der Waals surface area contributed by atoms with Crippen LogP contribution >= 0.6 is 0 Å². The first-order valence-corrected chi connectivity index (χ1v) is 5.54. The van der Waals surface area contributed by atoms with Crippen molar-refractivity contribution in [1.29, 1.82) is 0 Å². The number of carbonyl (C=O) groups is 1. The third kappa shape index (κ3) is 1.68. The monoisotopic (exact) mass is 241 g/mol. The number of rotatable bonds is 1. The second-order valence-corrected chi connectivity index (χ2v) is 3.91. The van der Waals surface area contributed by atoms with Crippen molar-refractivity contribution in [3.63, 3.8) is 0 Å². The number of anilines is 1. The van der Waals surface area contributed by atoms with Gasteiger partial charge in [-0.3, -0.25) is 4.79 Å². The Labute approximate surface area is 104 Å². The van der Waals surface area contributed by atoms with Crippen molar-refractivity contribution in [2.45, 2.75) is 0 Å². The van der Waals surface area contributed by atoms with E-state index in [0.29, 0.717) is 28.5 Å². The fourth-order valence-corrected chi connectivity index (χ4v) is 1.87. The summed E-state index contributed by atoms with van der Waals surface area (Å²) in [5, 5.41) is 2.81. The highest BCUT2D eigenvalue weighted by Gasteiger charge is 2.20. The standard InChI is InChI=1S/C14H11NO3/c1-17-9-6-7-13-11(8-9)15-14(16)10-4-2-3-5-12(10)18-13/h2-8H,1H3,(H,15,16). The van der Waals surface area contributed by atoms with E-state index < -0.39 is 0 Å². The number of benzene rings is 2. The number of hydrogen-bond donors (Lipinski definition) is 1. The molecular weight excluding hydrogens is 230 g/mol. The van der Waals surface area contributed by atoms with E-state index in [2.05, 4.69) is 5.32 Å². The van der Waals surface area contributed by atoms with Gasteiger partial charge in [-0.2, -0.15) is 0 Å². The van der Waals surface area contributed by atoms with Crippen LogP contribution in [0.2, 0.25) is 0 Å². The second kappa shape index (κ2) is 4.07. The molecule has 0 unspecified atom stereocenters. The Balaban J connectivity index is 2.12. The minimum Gasteiger partial charge on any atom is -0.497 e. The first kappa shape index (κ1) is 10.7. The van der Waals surface area contributed by atoms with E-state index in [-0.39, 0.29) is 5.91 Å². The summed E-state index contributed by atoms with van der Waals surface area (Å²) in [5.41, 5.74) is 1.13. The minimum absolute atomic E-state index is 0.183. The normalized spacial score (nSPS) is 12.6. The average molecular weight is 241 g/mol. The molecule has 0 aromatic heterocycles. The topological polar surface area (TPSA) is 47.6 Å². The molecule has 1 N–H and O–H groups in total. The first-order chi connectivity index (χ1) is 8.78.